The second kappa shape index (κ2) is 10.6. The summed E-state index contributed by atoms with van der Waals surface area (Å²) in [7, 11) is 0. The van der Waals surface area contributed by atoms with Gasteiger partial charge in [0.2, 0.25) is 0 Å². The van der Waals surface area contributed by atoms with E-state index in [2.05, 4.69) is 176 Å². The number of benzene rings is 8. The second-order valence-electron chi connectivity index (χ2n) is 13.5. The van der Waals surface area contributed by atoms with Gasteiger partial charge in [-0.2, -0.15) is 0 Å². The van der Waals surface area contributed by atoms with Gasteiger partial charge in [-0.1, -0.05) is 169 Å². The molecule has 11 rings (SSSR count). The Morgan fingerprint density at radius 2 is 0.620 bits per heavy atom. The molecule has 0 spiro atoms. The van der Waals surface area contributed by atoms with Crippen molar-refractivity contribution in [3.63, 3.8) is 0 Å². The lowest BCUT2D eigenvalue weighted by Crippen LogP contribution is -2.56. The minimum Gasteiger partial charge on any atom is -0.458 e. The summed E-state index contributed by atoms with van der Waals surface area (Å²) in [6.07, 6.45) is 0. The maximum Gasteiger partial charge on any atom is 0.252 e. The van der Waals surface area contributed by atoms with Crippen molar-refractivity contribution in [3.8, 4) is 89.4 Å². The summed E-state index contributed by atoms with van der Waals surface area (Å²) in [6, 6.07) is 64.7. The summed E-state index contributed by atoms with van der Waals surface area (Å²) < 4.78 is 7.08. The Balaban J connectivity index is 1.28. The van der Waals surface area contributed by atoms with E-state index < -0.39 is 0 Å². The third kappa shape index (κ3) is 3.85. The average molecular weight is 633 g/mol. The van der Waals surface area contributed by atoms with Crippen LogP contribution in [0.3, 0.4) is 0 Å². The lowest BCUT2D eigenvalue weighted by molar-refractivity contribution is 0.488. The molecule has 0 aromatic heterocycles. The molecule has 0 fully saturated rings. The zero-order chi connectivity index (χ0) is 32.8. The quantitative estimate of drug-likeness (QED) is 0.151. The van der Waals surface area contributed by atoms with Crippen LogP contribution in [0, 0.1) is 0 Å². The summed E-state index contributed by atoms with van der Waals surface area (Å²) in [5.74, 6) is 1.83. The molecule has 0 N–H and O–H groups in total. The van der Waals surface area contributed by atoms with Crippen LogP contribution in [0.25, 0.3) is 77.9 Å². The highest BCUT2D eigenvalue weighted by Crippen LogP contribution is 2.49. The lowest BCUT2D eigenvalue weighted by Gasteiger charge is -2.32. The Morgan fingerprint density at radius 1 is 0.260 bits per heavy atom. The molecule has 230 valence electrons. The minimum atomic E-state index is -0.0502. The van der Waals surface area contributed by atoms with Gasteiger partial charge in [-0.3, -0.25) is 0 Å². The normalized spacial score (nSPS) is 12.5. The molecule has 8 aromatic rings. The Bertz CT molecular complexity index is 2700. The van der Waals surface area contributed by atoms with E-state index in [1.165, 1.54) is 94.3 Å². The monoisotopic (exact) mass is 632 g/mol. The van der Waals surface area contributed by atoms with Crippen molar-refractivity contribution in [2.75, 3.05) is 0 Å². The standard InChI is InChI=1S/C48H29BO/c1-2-15-31-30(14-1)34-18-5-9-22-38(34)42-28-45-47(29-43(42)39-23-10-6-19-35(31)39)50-46-27-13-25-41-37-21-8-4-17-33(37)32-16-3-7-20-36(32)40-24-11-12-26-44(40)49(45)48(41)46/h1-29H. The summed E-state index contributed by atoms with van der Waals surface area (Å²) in [6.45, 7) is -0.0502. The van der Waals surface area contributed by atoms with E-state index in [9.17, 15) is 0 Å². The van der Waals surface area contributed by atoms with Crippen LogP contribution in [0.1, 0.15) is 0 Å². The van der Waals surface area contributed by atoms with Gasteiger partial charge in [0.15, 0.2) is 0 Å². The van der Waals surface area contributed by atoms with Crippen LogP contribution in [0.2, 0.25) is 0 Å². The topological polar surface area (TPSA) is 9.23 Å². The van der Waals surface area contributed by atoms with Crippen molar-refractivity contribution in [3.05, 3.63) is 176 Å². The summed E-state index contributed by atoms with van der Waals surface area (Å²) in [5.41, 5.74) is 21.0. The van der Waals surface area contributed by atoms with Gasteiger partial charge in [-0.05, 0) is 101 Å². The molecule has 50 heavy (non-hydrogen) atoms. The van der Waals surface area contributed by atoms with Gasteiger partial charge < -0.3 is 4.74 Å². The second-order valence-corrected chi connectivity index (χ2v) is 13.5. The number of hydrogen-bond acceptors (Lipinski definition) is 1. The van der Waals surface area contributed by atoms with Crippen LogP contribution in [0.4, 0.5) is 0 Å². The molecule has 0 saturated heterocycles. The van der Waals surface area contributed by atoms with E-state index in [4.69, 9.17) is 4.74 Å². The van der Waals surface area contributed by atoms with Crippen LogP contribution in [0.15, 0.2) is 176 Å². The molecule has 2 heteroatoms. The largest absolute Gasteiger partial charge is 0.458 e. The molecule has 0 bridgehead atoms. The fraction of sp³-hybridized carbons (Fsp3) is 0. The number of rotatable bonds is 0. The number of fused-ring (bicyclic) bond motifs is 17. The van der Waals surface area contributed by atoms with Crippen molar-refractivity contribution < 1.29 is 4.74 Å². The van der Waals surface area contributed by atoms with Gasteiger partial charge in [-0.15, -0.1) is 0 Å². The molecule has 0 amide bonds. The van der Waals surface area contributed by atoms with Crippen molar-refractivity contribution in [1.82, 2.24) is 0 Å². The molecular weight excluding hydrogens is 603 g/mol. The molecular formula is C48H29BO. The molecule has 0 atom stereocenters. The Morgan fingerprint density at radius 3 is 1.12 bits per heavy atom. The van der Waals surface area contributed by atoms with Gasteiger partial charge in [0.05, 0.1) is 0 Å². The van der Waals surface area contributed by atoms with E-state index in [1.54, 1.807) is 0 Å². The van der Waals surface area contributed by atoms with E-state index in [0.717, 1.165) is 11.5 Å². The van der Waals surface area contributed by atoms with Crippen molar-refractivity contribution in [1.29, 1.82) is 0 Å². The van der Waals surface area contributed by atoms with Crippen LogP contribution in [-0.4, -0.2) is 6.71 Å². The summed E-state index contributed by atoms with van der Waals surface area (Å²) in [5, 5.41) is 0. The maximum absolute atomic E-state index is 7.08. The Kier molecular flexibility index (Phi) is 5.82. The fourth-order valence-corrected chi connectivity index (χ4v) is 8.88. The predicted molar refractivity (Wildman–Crippen MR) is 209 cm³/mol. The number of hydrogen-bond donors (Lipinski definition) is 0. The van der Waals surface area contributed by atoms with Crippen molar-refractivity contribution in [2.45, 2.75) is 0 Å². The Hall–Kier alpha value is -6.38. The first kappa shape index (κ1) is 27.6. The van der Waals surface area contributed by atoms with Crippen molar-refractivity contribution in [2.24, 2.45) is 0 Å². The molecule has 3 aliphatic rings. The minimum absolute atomic E-state index is 0.0502. The highest BCUT2D eigenvalue weighted by Gasteiger charge is 2.39. The third-order valence-electron chi connectivity index (χ3n) is 11.0. The molecule has 2 aliphatic heterocycles. The highest BCUT2D eigenvalue weighted by molar-refractivity contribution is 6.98. The molecule has 0 radical (unpaired) electrons. The lowest BCUT2D eigenvalue weighted by atomic mass is 9.34. The van der Waals surface area contributed by atoms with Crippen LogP contribution in [0.5, 0.6) is 11.5 Å². The van der Waals surface area contributed by atoms with Gasteiger partial charge in [0.1, 0.15) is 11.5 Å². The first-order chi connectivity index (χ1) is 24.8. The summed E-state index contributed by atoms with van der Waals surface area (Å²) >= 11 is 0. The SMILES string of the molecule is c1ccc2c(c1)B1c3cc4c(cc3Oc3cccc(c31)-c1ccccc1-c1ccccc1-2)-c1ccccc1-c1ccccc1-c1ccccc1-4. The van der Waals surface area contributed by atoms with Crippen LogP contribution < -0.4 is 21.1 Å². The van der Waals surface area contributed by atoms with Gasteiger partial charge in [0, 0.05) is 0 Å². The van der Waals surface area contributed by atoms with E-state index >= 15 is 0 Å². The van der Waals surface area contributed by atoms with E-state index in [0.29, 0.717) is 0 Å². The smallest absolute Gasteiger partial charge is 0.252 e. The first-order valence-corrected chi connectivity index (χ1v) is 17.4. The third-order valence-corrected chi connectivity index (χ3v) is 11.0. The van der Waals surface area contributed by atoms with Gasteiger partial charge in [0.25, 0.3) is 6.71 Å². The van der Waals surface area contributed by atoms with Gasteiger partial charge in [-0.25, -0.2) is 0 Å². The van der Waals surface area contributed by atoms with Crippen molar-refractivity contribution >= 4 is 23.1 Å². The first-order valence-electron chi connectivity index (χ1n) is 17.4. The fourth-order valence-electron chi connectivity index (χ4n) is 8.88. The molecule has 1 aliphatic carbocycles. The molecule has 8 aromatic carbocycles. The maximum atomic E-state index is 7.08. The molecule has 2 heterocycles. The predicted octanol–water partition coefficient (Wildman–Crippen LogP) is 10.6. The van der Waals surface area contributed by atoms with E-state index in [1.807, 2.05) is 0 Å². The summed E-state index contributed by atoms with van der Waals surface area (Å²) in [4.78, 5) is 0. The van der Waals surface area contributed by atoms with Crippen LogP contribution in [-0.2, 0) is 0 Å². The molecule has 1 nitrogen and oxygen atoms in total. The zero-order valence-electron chi connectivity index (χ0n) is 27.2. The molecule has 0 saturated carbocycles. The van der Waals surface area contributed by atoms with E-state index in [-0.39, 0.29) is 6.71 Å². The average Bonchev–Trinajstić information content (AvgIpc) is 3.23. The van der Waals surface area contributed by atoms with Gasteiger partial charge >= 0.3 is 0 Å². The zero-order valence-corrected chi connectivity index (χ0v) is 27.2. The highest BCUT2D eigenvalue weighted by atomic mass is 16.5. The molecule has 0 unspecified atom stereocenters. The Labute approximate surface area is 292 Å². The van der Waals surface area contributed by atoms with Crippen LogP contribution >= 0.6 is 0 Å². The number of ether oxygens (including phenoxy) is 1.